The number of hydrogen-bond donors (Lipinski definition) is 1. The zero-order valence-corrected chi connectivity index (χ0v) is 12.9. The molecule has 2 aliphatic heterocycles. The lowest BCUT2D eigenvalue weighted by Crippen LogP contribution is -2.47. The van der Waals surface area contributed by atoms with Gasteiger partial charge in [0.1, 0.15) is 0 Å². The molecule has 2 saturated heterocycles. The van der Waals surface area contributed by atoms with Crippen molar-refractivity contribution in [1.82, 2.24) is 10.2 Å². The highest BCUT2D eigenvalue weighted by atomic mass is 16.5. The predicted octanol–water partition coefficient (Wildman–Crippen LogP) is 1.50. The molecule has 0 bridgehead atoms. The van der Waals surface area contributed by atoms with Gasteiger partial charge >= 0.3 is 0 Å². The Balaban J connectivity index is 1.46. The number of ether oxygens (including phenoxy) is 2. The van der Waals surface area contributed by atoms with Crippen LogP contribution >= 0.6 is 0 Å². The van der Waals surface area contributed by atoms with Crippen molar-refractivity contribution < 1.29 is 9.47 Å². The number of hydrogen-bond acceptors (Lipinski definition) is 4. The molecule has 1 unspecified atom stereocenters. The van der Waals surface area contributed by atoms with Gasteiger partial charge in [0.2, 0.25) is 0 Å². The second-order valence-corrected chi connectivity index (χ2v) is 7.13. The minimum atomic E-state index is 0.372. The van der Waals surface area contributed by atoms with Crippen LogP contribution in [0.15, 0.2) is 0 Å². The molecule has 0 aromatic rings. The summed E-state index contributed by atoms with van der Waals surface area (Å²) in [5, 5.41) is 3.73. The average Bonchev–Trinajstić information content (AvgIpc) is 3.19. The van der Waals surface area contributed by atoms with Crippen LogP contribution in [0.3, 0.4) is 0 Å². The van der Waals surface area contributed by atoms with Crippen molar-refractivity contribution in [3.8, 4) is 0 Å². The SMILES string of the molecule is COCC1CCN(CC2(CNC3CC3)CCOC2)CC1. The Morgan fingerprint density at radius 2 is 2.05 bits per heavy atom. The Morgan fingerprint density at radius 3 is 2.65 bits per heavy atom. The Morgan fingerprint density at radius 1 is 1.25 bits per heavy atom. The van der Waals surface area contributed by atoms with Crippen LogP contribution in [-0.2, 0) is 9.47 Å². The molecule has 4 nitrogen and oxygen atoms in total. The number of nitrogens with zero attached hydrogens (tertiary/aromatic N) is 1. The van der Waals surface area contributed by atoms with Crippen LogP contribution in [0, 0.1) is 11.3 Å². The maximum absolute atomic E-state index is 5.73. The average molecular weight is 282 g/mol. The molecule has 1 aliphatic carbocycles. The molecule has 0 amide bonds. The van der Waals surface area contributed by atoms with E-state index in [1.165, 1.54) is 51.7 Å². The van der Waals surface area contributed by atoms with E-state index < -0.39 is 0 Å². The summed E-state index contributed by atoms with van der Waals surface area (Å²) in [6, 6.07) is 0.805. The monoisotopic (exact) mass is 282 g/mol. The zero-order valence-electron chi connectivity index (χ0n) is 12.9. The van der Waals surface area contributed by atoms with Gasteiger partial charge < -0.3 is 19.7 Å². The molecule has 4 heteroatoms. The smallest absolute Gasteiger partial charge is 0.0547 e. The molecule has 1 saturated carbocycles. The molecule has 20 heavy (non-hydrogen) atoms. The van der Waals surface area contributed by atoms with E-state index in [0.29, 0.717) is 5.41 Å². The van der Waals surface area contributed by atoms with E-state index in [1.807, 2.05) is 7.11 Å². The fourth-order valence-electron chi connectivity index (χ4n) is 3.64. The number of methoxy groups -OCH3 is 1. The van der Waals surface area contributed by atoms with Crippen molar-refractivity contribution in [3.05, 3.63) is 0 Å². The Bertz CT molecular complexity index is 293. The molecule has 1 atom stereocenters. The van der Waals surface area contributed by atoms with E-state index in [9.17, 15) is 0 Å². The van der Waals surface area contributed by atoms with Crippen LogP contribution in [0.25, 0.3) is 0 Å². The largest absolute Gasteiger partial charge is 0.384 e. The Hall–Kier alpha value is -0.160. The highest BCUT2D eigenvalue weighted by Crippen LogP contribution is 2.32. The molecule has 3 aliphatic rings. The van der Waals surface area contributed by atoms with E-state index in [1.54, 1.807) is 0 Å². The van der Waals surface area contributed by atoms with Gasteiger partial charge in [-0.25, -0.2) is 0 Å². The topological polar surface area (TPSA) is 33.7 Å². The number of nitrogens with one attached hydrogen (secondary N) is 1. The number of piperidine rings is 1. The first-order valence-electron chi connectivity index (χ1n) is 8.32. The molecule has 0 radical (unpaired) electrons. The molecule has 116 valence electrons. The molecule has 0 aromatic heterocycles. The first-order chi connectivity index (χ1) is 9.80. The first kappa shape index (κ1) is 14.8. The van der Waals surface area contributed by atoms with Crippen LogP contribution in [0.1, 0.15) is 32.1 Å². The normalized spacial score (nSPS) is 32.9. The van der Waals surface area contributed by atoms with E-state index in [0.717, 1.165) is 38.3 Å². The van der Waals surface area contributed by atoms with Crippen molar-refractivity contribution in [2.24, 2.45) is 11.3 Å². The standard InChI is InChI=1S/C16H30N2O2/c1-19-10-14-4-7-18(8-5-14)12-16(6-9-20-13-16)11-17-15-2-3-15/h14-15,17H,2-13H2,1H3. The van der Waals surface area contributed by atoms with Gasteiger partial charge in [-0.3, -0.25) is 0 Å². The van der Waals surface area contributed by atoms with Crippen molar-refractivity contribution in [1.29, 1.82) is 0 Å². The van der Waals surface area contributed by atoms with E-state index in [-0.39, 0.29) is 0 Å². The molecule has 1 N–H and O–H groups in total. The third-order valence-electron chi connectivity index (χ3n) is 5.20. The van der Waals surface area contributed by atoms with Crippen LogP contribution in [0.5, 0.6) is 0 Å². The number of likely N-dealkylation sites (tertiary alicyclic amines) is 1. The van der Waals surface area contributed by atoms with E-state index >= 15 is 0 Å². The minimum Gasteiger partial charge on any atom is -0.384 e. The summed E-state index contributed by atoms with van der Waals surface area (Å²) in [5.41, 5.74) is 0.372. The third-order valence-corrected chi connectivity index (χ3v) is 5.20. The van der Waals surface area contributed by atoms with E-state index in [4.69, 9.17) is 9.47 Å². The van der Waals surface area contributed by atoms with Crippen molar-refractivity contribution in [2.75, 3.05) is 53.1 Å². The third kappa shape index (κ3) is 3.94. The molecule has 3 fully saturated rings. The van der Waals surface area contributed by atoms with Crippen LogP contribution in [0.4, 0.5) is 0 Å². The van der Waals surface area contributed by atoms with Crippen LogP contribution in [-0.4, -0.2) is 64.1 Å². The summed E-state index contributed by atoms with van der Waals surface area (Å²) < 4.78 is 11.0. The van der Waals surface area contributed by atoms with Crippen molar-refractivity contribution in [3.63, 3.8) is 0 Å². The summed E-state index contributed by atoms with van der Waals surface area (Å²) in [7, 11) is 1.82. The molecule has 0 aromatic carbocycles. The summed E-state index contributed by atoms with van der Waals surface area (Å²) in [5.74, 6) is 0.775. The van der Waals surface area contributed by atoms with Crippen LogP contribution < -0.4 is 5.32 Å². The maximum atomic E-state index is 5.73. The maximum Gasteiger partial charge on any atom is 0.0547 e. The summed E-state index contributed by atoms with van der Waals surface area (Å²) in [6.45, 7) is 7.67. The summed E-state index contributed by atoms with van der Waals surface area (Å²) >= 11 is 0. The van der Waals surface area contributed by atoms with Gasteiger partial charge in [0, 0.05) is 44.9 Å². The fraction of sp³-hybridized carbons (Fsp3) is 1.00. The molecular weight excluding hydrogens is 252 g/mol. The van der Waals surface area contributed by atoms with Gasteiger partial charge in [-0.05, 0) is 51.1 Å². The first-order valence-corrected chi connectivity index (χ1v) is 8.32. The van der Waals surface area contributed by atoms with Gasteiger partial charge in [0.15, 0.2) is 0 Å². The highest BCUT2D eigenvalue weighted by Gasteiger charge is 2.38. The van der Waals surface area contributed by atoms with Crippen LogP contribution in [0.2, 0.25) is 0 Å². The molecular formula is C16H30N2O2. The minimum absolute atomic E-state index is 0.372. The Labute approximate surface area is 123 Å². The molecule has 2 heterocycles. The fourth-order valence-corrected chi connectivity index (χ4v) is 3.64. The summed E-state index contributed by atoms with van der Waals surface area (Å²) in [4.78, 5) is 2.66. The van der Waals surface area contributed by atoms with Gasteiger partial charge in [0.05, 0.1) is 6.61 Å². The summed E-state index contributed by atoms with van der Waals surface area (Å²) in [6.07, 6.45) is 6.56. The predicted molar refractivity (Wildman–Crippen MR) is 79.9 cm³/mol. The second kappa shape index (κ2) is 6.73. The lowest BCUT2D eigenvalue weighted by Gasteiger charge is -2.38. The molecule has 0 spiro atoms. The number of rotatable bonds is 7. The molecule has 3 rings (SSSR count). The highest BCUT2D eigenvalue weighted by molar-refractivity contribution is 4.92. The lowest BCUT2D eigenvalue weighted by atomic mass is 9.85. The van der Waals surface area contributed by atoms with E-state index in [2.05, 4.69) is 10.2 Å². The van der Waals surface area contributed by atoms with Gasteiger partial charge in [0.25, 0.3) is 0 Å². The van der Waals surface area contributed by atoms with Crippen molar-refractivity contribution in [2.45, 2.75) is 38.1 Å². The zero-order chi connectivity index (χ0) is 13.8. The van der Waals surface area contributed by atoms with Crippen molar-refractivity contribution >= 4 is 0 Å². The van der Waals surface area contributed by atoms with Gasteiger partial charge in [-0.2, -0.15) is 0 Å². The lowest BCUT2D eigenvalue weighted by molar-refractivity contribution is 0.0644. The Kier molecular flexibility index (Phi) is 4.97. The quantitative estimate of drug-likeness (QED) is 0.767. The van der Waals surface area contributed by atoms with Gasteiger partial charge in [-0.15, -0.1) is 0 Å². The van der Waals surface area contributed by atoms with Gasteiger partial charge in [-0.1, -0.05) is 0 Å². The second-order valence-electron chi connectivity index (χ2n) is 7.13.